The number of hydrogen-bond donors (Lipinski definition) is 0. The molecule has 3 rings (SSSR count). The monoisotopic (exact) mass is 342 g/mol. The summed E-state index contributed by atoms with van der Waals surface area (Å²) >= 11 is 0. The van der Waals surface area contributed by atoms with Crippen LogP contribution in [0.15, 0.2) is 24.5 Å². The molecule has 1 unspecified atom stereocenters. The molecule has 0 N–H and O–H groups in total. The quantitative estimate of drug-likeness (QED) is 0.830. The molecule has 1 fully saturated rings. The van der Waals surface area contributed by atoms with Crippen molar-refractivity contribution in [2.24, 2.45) is 5.92 Å². The fourth-order valence-corrected chi connectivity index (χ4v) is 3.29. The van der Waals surface area contributed by atoms with Crippen LogP contribution >= 0.6 is 0 Å². The highest BCUT2D eigenvalue weighted by Crippen LogP contribution is 2.17. The van der Waals surface area contributed by atoms with Gasteiger partial charge in [0.2, 0.25) is 0 Å². The number of rotatable bonds is 5. The van der Waals surface area contributed by atoms with E-state index in [1.54, 1.807) is 13.3 Å². The van der Waals surface area contributed by atoms with Crippen molar-refractivity contribution in [2.45, 2.75) is 26.8 Å². The van der Waals surface area contributed by atoms with E-state index in [4.69, 9.17) is 9.47 Å². The molecular weight excluding hydrogens is 316 g/mol. The number of pyridine rings is 1. The van der Waals surface area contributed by atoms with Gasteiger partial charge in [-0.2, -0.15) is 0 Å². The first-order chi connectivity index (χ1) is 12.1. The molecule has 134 valence electrons. The average molecular weight is 342 g/mol. The van der Waals surface area contributed by atoms with Crippen LogP contribution in [0, 0.1) is 19.8 Å². The third kappa shape index (κ3) is 5.21. The molecule has 3 heterocycles. The SMILES string of the molecule is COc1cncc(CN2CCOCC(Cc3nc(C)cc(C)n3)C2)c1. The lowest BCUT2D eigenvalue weighted by atomic mass is 10.1. The first kappa shape index (κ1) is 17.8. The van der Waals surface area contributed by atoms with Gasteiger partial charge < -0.3 is 9.47 Å². The number of nitrogens with zero attached hydrogens (tertiary/aromatic N) is 4. The molecule has 0 aromatic carbocycles. The Morgan fingerprint density at radius 1 is 1.20 bits per heavy atom. The van der Waals surface area contributed by atoms with E-state index in [0.29, 0.717) is 5.92 Å². The minimum atomic E-state index is 0.391. The zero-order valence-corrected chi connectivity index (χ0v) is 15.2. The lowest BCUT2D eigenvalue weighted by Gasteiger charge is -2.23. The van der Waals surface area contributed by atoms with Crippen LogP contribution in [-0.2, 0) is 17.7 Å². The summed E-state index contributed by atoms with van der Waals surface area (Å²) in [6.45, 7) is 8.27. The van der Waals surface area contributed by atoms with Gasteiger partial charge >= 0.3 is 0 Å². The second-order valence-electron chi connectivity index (χ2n) is 6.68. The van der Waals surface area contributed by atoms with Crippen molar-refractivity contribution in [2.75, 3.05) is 33.4 Å². The van der Waals surface area contributed by atoms with E-state index in [1.165, 1.54) is 0 Å². The van der Waals surface area contributed by atoms with Gasteiger partial charge in [-0.3, -0.25) is 9.88 Å². The van der Waals surface area contributed by atoms with Gasteiger partial charge in [-0.1, -0.05) is 0 Å². The van der Waals surface area contributed by atoms with Gasteiger partial charge in [0.1, 0.15) is 11.6 Å². The first-order valence-electron chi connectivity index (χ1n) is 8.71. The summed E-state index contributed by atoms with van der Waals surface area (Å²) in [5, 5.41) is 0. The van der Waals surface area contributed by atoms with Gasteiger partial charge in [-0.05, 0) is 31.5 Å². The van der Waals surface area contributed by atoms with Crippen LogP contribution in [0.4, 0.5) is 0 Å². The summed E-state index contributed by atoms with van der Waals surface area (Å²) in [7, 11) is 1.67. The molecule has 0 spiro atoms. The van der Waals surface area contributed by atoms with Gasteiger partial charge in [0, 0.05) is 49.6 Å². The highest BCUT2D eigenvalue weighted by Gasteiger charge is 2.20. The fraction of sp³-hybridized carbons (Fsp3) is 0.526. The second-order valence-corrected chi connectivity index (χ2v) is 6.68. The Labute approximate surface area is 149 Å². The predicted octanol–water partition coefficient (Wildman–Crippen LogP) is 2.19. The summed E-state index contributed by atoms with van der Waals surface area (Å²) in [6.07, 6.45) is 4.47. The van der Waals surface area contributed by atoms with E-state index in [-0.39, 0.29) is 0 Å². The molecule has 1 aliphatic heterocycles. The van der Waals surface area contributed by atoms with E-state index in [0.717, 1.165) is 67.8 Å². The van der Waals surface area contributed by atoms with Gasteiger partial charge in [0.25, 0.3) is 0 Å². The van der Waals surface area contributed by atoms with Crippen molar-refractivity contribution in [3.05, 3.63) is 47.3 Å². The molecule has 1 saturated heterocycles. The smallest absolute Gasteiger partial charge is 0.137 e. The molecule has 1 aliphatic rings. The highest BCUT2D eigenvalue weighted by atomic mass is 16.5. The van der Waals surface area contributed by atoms with Crippen molar-refractivity contribution in [3.63, 3.8) is 0 Å². The summed E-state index contributed by atoms with van der Waals surface area (Å²) in [5.41, 5.74) is 3.20. The maximum absolute atomic E-state index is 5.82. The second kappa shape index (κ2) is 8.36. The van der Waals surface area contributed by atoms with E-state index in [2.05, 4.69) is 19.9 Å². The molecule has 0 saturated carbocycles. The molecular formula is C19H26N4O2. The maximum Gasteiger partial charge on any atom is 0.137 e. The predicted molar refractivity (Wildman–Crippen MR) is 95.6 cm³/mol. The molecule has 25 heavy (non-hydrogen) atoms. The van der Waals surface area contributed by atoms with Crippen LogP contribution in [-0.4, -0.2) is 53.3 Å². The highest BCUT2D eigenvalue weighted by molar-refractivity contribution is 5.23. The first-order valence-corrected chi connectivity index (χ1v) is 8.71. The van der Waals surface area contributed by atoms with Crippen LogP contribution in [0.25, 0.3) is 0 Å². The van der Waals surface area contributed by atoms with Crippen LogP contribution < -0.4 is 4.74 Å². The molecule has 0 amide bonds. The number of hydrogen-bond acceptors (Lipinski definition) is 6. The summed E-state index contributed by atoms with van der Waals surface area (Å²) < 4.78 is 11.1. The van der Waals surface area contributed by atoms with Crippen LogP contribution in [0.1, 0.15) is 22.8 Å². The zero-order valence-electron chi connectivity index (χ0n) is 15.2. The Morgan fingerprint density at radius 3 is 2.76 bits per heavy atom. The van der Waals surface area contributed by atoms with E-state index in [9.17, 15) is 0 Å². The largest absolute Gasteiger partial charge is 0.495 e. The Kier molecular flexibility index (Phi) is 5.94. The van der Waals surface area contributed by atoms with Gasteiger partial charge in [0.15, 0.2) is 0 Å². The summed E-state index contributed by atoms with van der Waals surface area (Å²) in [6, 6.07) is 4.05. The lowest BCUT2D eigenvalue weighted by molar-refractivity contribution is 0.121. The molecule has 2 aromatic heterocycles. The third-order valence-corrected chi connectivity index (χ3v) is 4.33. The van der Waals surface area contributed by atoms with Crippen molar-refractivity contribution >= 4 is 0 Å². The van der Waals surface area contributed by atoms with Gasteiger partial charge in [0.05, 0.1) is 26.5 Å². The number of methoxy groups -OCH3 is 1. The number of aryl methyl sites for hydroxylation is 2. The van der Waals surface area contributed by atoms with Crippen LogP contribution in [0.3, 0.4) is 0 Å². The number of ether oxygens (including phenoxy) is 2. The van der Waals surface area contributed by atoms with Gasteiger partial charge in [-0.15, -0.1) is 0 Å². The molecule has 2 aromatic rings. The normalized spacial score (nSPS) is 18.8. The van der Waals surface area contributed by atoms with Crippen molar-refractivity contribution < 1.29 is 9.47 Å². The molecule has 1 atom stereocenters. The maximum atomic E-state index is 5.82. The van der Waals surface area contributed by atoms with Crippen molar-refractivity contribution in [1.29, 1.82) is 0 Å². The standard InChI is InChI=1S/C19H26N4O2/c1-14-6-15(2)22-19(21-14)8-17-12-23(4-5-25-13-17)11-16-7-18(24-3)10-20-9-16/h6-7,9-10,17H,4-5,8,11-13H2,1-3H3. The Morgan fingerprint density at radius 2 is 2.00 bits per heavy atom. The fourth-order valence-electron chi connectivity index (χ4n) is 3.29. The van der Waals surface area contributed by atoms with Gasteiger partial charge in [-0.25, -0.2) is 9.97 Å². The van der Waals surface area contributed by atoms with E-state index in [1.807, 2.05) is 32.2 Å². The lowest BCUT2D eigenvalue weighted by Crippen LogP contribution is -2.30. The Hall–Kier alpha value is -2.05. The topological polar surface area (TPSA) is 60.4 Å². The van der Waals surface area contributed by atoms with Crippen LogP contribution in [0.2, 0.25) is 0 Å². The Balaban J connectivity index is 1.65. The van der Waals surface area contributed by atoms with Crippen molar-refractivity contribution in [1.82, 2.24) is 19.9 Å². The van der Waals surface area contributed by atoms with Crippen molar-refractivity contribution in [3.8, 4) is 5.75 Å². The van der Waals surface area contributed by atoms with Crippen LogP contribution in [0.5, 0.6) is 5.75 Å². The molecule has 0 bridgehead atoms. The number of aromatic nitrogens is 3. The molecule has 0 aliphatic carbocycles. The minimum absolute atomic E-state index is 0.391. The molecule has 6 heteroatoms. The zero-order chi connectivity index (χ0) is 17.6. The Bertz CT molecular complexity index is 687. The third-order valence-electron chi connectivity index (χ3n) is 4.33. The summed E-state index contributed by atoms with van der Waals surface area (Å²) in [5.74, 6) is 2.10. The van der Waals surface area contributed by atoms with E-state index >= 15 is 0 Å². The molecule has 0 radical (unpaired) electrons. The van der Waals surface area contributed by atoms with E-state index < -0.39 is 0 Å². The summed E-state index contributed by atoms with van der Waals surface area (Å²) in [4.78, 5) is 15.8. The minimum Gasteiger partial charge on any atom is -0.495 e. The average Bonchev–Trinajstić information content (AvgIpc) is 2.79. The molecule has 6 nitrogen and oxygen atoms in total.